The molecular formula is C8H12O3. The minimum Gasteiger partial charge on any atom is -0.303 e. The number of hydrogen-bond donors (Lipinski definition) is 0. The summed E-state index contributed by atoms with van der Waals surface area (Å²) in [6, 6.07) is 0. The summed E-state index contributed by atoms with van der Waals surface area (Å²) < 4.78 is 0. The van der Waals surface area contributed by atoms with Crippen molar-refractivity contribution >= 4 is 18.4 Å². The third-order valence-corrected chi connectivity index (χ3v) is 1.32. The number of carbonyl (C=O) groups excluding carboxylic acids is 3. The summed E-state index contributed by atoms with van der Waals surface area (Å²) in [5.41, 5.74) is 0. The molecule has 0 unspecified atom stereocenters. The Balaban J connectivity index is 3.21. The van der Waals surface area contributed by atoms with Crippen LogP contribution in [0.5, 0.6) is 0 Å². The van der Waals surface area contributed by atoms with Crippen molar-refractivity contribution in [2.45, 2.75) is 32.1 Å². The van der Waals surface area contributed by atoms with Crippen molar-refractivity contribution in [3.8, 4) is 0 Å². The average Bonchev–Trinajstić information content (AvgIpc) is 2.01. The Kier molecular flexibility index (Phi) is 6.48. The lowest BCUT2D eigenvalue weighted by Gasteiger charge is -1.93. The Bertz CT molecular complexity index is 140. The van der Waals surface area contributed by atoms with Gasteiger partial charge in [-0.15, -0.1) is 0 Å². The quantitative estimate of drug-likeness (QED) is 0.406. The van der Waals surface area contributed by atoms with Crippen LogP contribution in [0.1, 0.15) is 32.1 Å². The van der Waals surface area contributed by atoms with E-state index in [4.69, 9.17) is 0 Å². The van der Waals surface area contributed by atoms with Crippen LogP contribution in [0.2, 0.25) is 0 Å². The van der Waals surface area contributed by atoms with Crippen LogP contribution in [0.3, 0.4) is 0 Å². The van der Waals surface area contributed by atoms with Crippen molar-refractivity contribution in [1.82, 2.24) is 0 Å². The van der Waals surface area contributed by atoms with Crippen molar-refractivity contribution < 1.29 is 14.4 Å². The minimum absolute atomic E-state index is 0.0685. The molecule has 0 aliphatic carbocycles. The van der Waals surface area contributed by atoms with Crippen LogP contribution in [-0.2, 0) is 14.4 Å². The van der Waals surface area contributed by atoms with Crippen LogP contribution >= 0.6 is 0 Å². The topological polar surface area (TPSA) is 51.2 Å². The summed E-state index contributed by atoms with van der Waals surface area (Å²) in [5.74, 6) is 0.0685. The first-order valence-corrected chi connectivity index (χ1v) is 3.70. The van der Waals surface area contributed by atoms with Crippen molar-refractivity contribution in [1.29, 1.82) is 0 Å². The minimum atomic E-state index is 0.0685. The van der Waals surface area contributed by atoms with Crippen LogP contribution in [0.15, 0.2) is 0 Å². The fourth-order valence-electron chi connectivity index (χ4n) is 0.727. The number of aldehydes is 2. The Hall–Kier alpha value is -0.990. The van der Waals surface area contributed by atoms with E-state index in [1.165, 1.54) is 0 Å². The highest BCUT2D eigenvalue weighted by molar-refractivity contribution is 5.80. The van der Waals surface area contributed by atoms with E-state index in [-0.39, 0.29) is 5.78 Å². The van der Waals surface area contributed by atoms with Crippen molar-refractivity contribution in [3.63, 3.8) is 0 Å². The number of carbonyl (C=O) groups is 3. The standard InChI is InChI=1S/C8H12O3/c9-6-2-1-4-8(11)5-3-7-10/h6-7H,1-5H2. The first kappa shape index (κ1) is 10.0. The molecule has 0 bridgehead atoms. The van der Waals surface area contributed by atoms with E-state index in [1.54, 1.807) is 0 Å². The molecule has 0 amide bonds. The molecule has 62 valence electrons. The fourth-order valence-corrected chi connectivity index (χ4v) is 0.727. The van der Waals surface area contributed by atoms with Crippen molar-refractivity contribution in [2.75, 3.05) is 0 Å². The highest BCUT2D eigenvalue weighted by atomic mass is 16.1. The molecule has 0 rings (SSSR count). The molecule has 0 aromatic carbocycles. The van der Waals surface area contributed by atoms with Gasteiger partial charge in [0.25, 0.3) is 0 Å². The lowest BCUT2D eigenvalue weighted by molar-refractivity contribution is -0.120. The van der Waals surface area contributed by atoms with Gasteiger partial charge in [0, 0.05) is 25.7 Å². The Labute approximate surface area is 65.8 Å². The normalized spacial score (nSPS) is 9.09. The molecule has 0 radical (unpaired) electrons. The molecule has 0 aliphatic heterocycles. The number of hydrogen-bond acceptors (Lipinski definition) is 3. The van der Waals surface area contributed by atoms with Gasteiger partial charge in [-0.25, -0.2) is 0 Å². The third-order valence-electron chi connectivity index (χ3n) is 1.32. The monoisotopic (exact) mass is 156 g/mol. The van der Waals surface area contributed by atoms with Crippen LogP contribution in [0.4, 0.5) is 0 Å². The summed E-state index contributed by atoms with van der Waals surface area (Å²) in [4.78, 5) is 30.5. The molecule has 0 saturated carbocycles. The van der Waals surface area contributed by atoms with Gasteiger partial charge in [-0.3, -0.25) is 4.79 Å². The molecule has 0 spiro atoms. The van der Waals surface area contributed by atoms with Gasteiger partial charge in [0.2, 0.25) is 0 Å². The second kappa shape index (κ2) is 7.12. The fraction of sp³-hybridized carbons (Fsp3) is 0.625. The van der Waals surface area contributed by atoms with Crippen molar-refractivity contribution in [3.05, 3.63) is 0 Å². The molecule has 0 aliphatic rings. The number of Topliss-reactive ketones (excluding diaryl/α,β-unsaturated/α-hetero) is 1. The summed E-state index contributed by atoms with van der Waals surface area (Å²) in [6.07, 6.45) is 3.63. The highest BCUT2D eigenvalue weighted by Crippen LogP contribution is 1.98. The maximum Gasteiger partial charge on any atom is 0.133 e. The third kappa shape index (κ3) is 6.90. The summed E-state index contributed by atoms with van der Waals surface area (Å²) in [7, 11) is 0. The highest BCUT2D eigenvalue weighted by Gasteiger charge is 1.99. The zero-order valence-electron chi connectivity index (χ0n) is 6.41. The van der Waals surface area contributed by atoms with Gasteiger partial charge >= 0.3 is 0 Å². The van der Waals surface area contributed by atoms with Crippen LogP contribution in [0, 0.1) is 0 Å². The summed E-state index contributed by atoms with van der Waals surface area (Å²) >= 11 is 0. The molecule has 3 heteroatoms. The van der Waals surface area contributed by atoms with Gasteiger partial charge in [-0.05, 0) is 6.42 Å². The molecule has 0 N–H and O–H groups in total. The van der Waals surface area contributed by atoms with Gasteiger partial charge < -0.3 is 9.59 Å². The van der Waals surface area contributed by atoms with Crippen LogP contribution in [-0.4, -0.2) is 18.4 Å². The summed E-state index contributed by atoms with van der Waals surface area (Å²) in [6.45, 7) is 0. The van der Waals surface area contributed by atoms with Gasteiger partial charge in [0.05, 0.1) is 0 Å². The molecule has 0 heterocycles. The molecule has 0 aromatic rings. The molecule has 11 heavy (non-hydrogen) atoms. The van der Waals surface area contributed by atoms with E-state index < -0.39 is 0 Å². The number of unbranched alkanes of at least 4 members (excludes halogenated alkanes) is 1. The second-order valence-electron chi connectivity index (χ2n) is 2.30. The SMILES string of the molecule is O=CCCCC(=O)CCC=O. The zero-order valence-corrected chi connectivity index (χ0v) is 6.41. The van der Waals surface area contributed by atoms with Gasteiger partial charge in [-0.1, -0.05) is 0 Å². The Morgan fingerprint density at radius 2 is 1.64 bits per heavy atom. The Morgan fingerprint density at radius 3 is 2.18 bits per heavy atom. The zero-order chi connectivity index (χ0) is 8.53. The van der Waals surface area contributed by atoms with Gasteiger partial charge in [-0.2, -0.15) is 0 Å². The van der Waals surface area contributed by atoms with E-state index >= 15 is 0 Å². The maximum atomic E-state index is 10.8. The first-order chi connectivity index (χ1) is 5.31. The van der Waals surface area contributed by atoms with E-state index in [0.717, 1.165) is 12.6 Å². The molecule has 0 fully saturated rings. The molecule has 3 nitrogen and oxygen atoms in total. The molecule has 0 aromatic heterocycles. The van der Waals surface area contributed by atoms with Gasteiger partial charge in [0.1, 0.15) is 18.4 Å². The van der Waals surface area contributed by atoms with E-state index in [9.17, 15) is 14.4 Å². The van der Waals surface area contributed by atoms with E-state index in [1.807, 2.05) is 0 Å². The molecular weight excluding hydrogens is 144 g/mol. The summed E-state index contributed by atoms with van der Waals surface area (Å²) in [5, 5.41) is 0. The maximum absolute atomic E-state index is 10.8. The largest absolute Gasteiger partial charge is 0.303 e. The van der Waals surface area contributed by atoms with Gasteiger partial charge in [0.15, 0.2) is 0 Å². The first-order valence-electron chi connectivity index (χ1n) is 3.70. The van der Waals surface area contributed by atoms with Crippen LogP contribution in [0.25, 0.3) is 0 Å². The van der Waals surface area contributed by atoms with E-state index in [0.29, 0.717) is 32.1 Å². The smallest absolute Gasteiger partial charge is 0.133 e. The lowest BCUT2D eigenvalue weighted by atomic mass is 10.1. The lowest BCUT2D eigenvalue weighted by Crippen LogP contribution is -1.97. The number of ketones is 1. The predicted molar refractivity (Wildman–Crippen MR) is 40.2 cm³/mol. The average molecular weight is 156 g/mol. The predicted octanol–water partition coefficient (Wildman–Crippen LogP) is 0.904. The molecule has 0 saturated heterocycles. The second-order valence-corrected chi connectivity index (χ2v) is 2.30. The van der Waals surface area contributed by atoms with Crippen molar-refractivity contribution in [2.24, 2.45) is 0 Å². The number of rotatable bonds is 7. The molecule has 0 atom stereocenters. The van der Waals surface area contributed by atoms with E-state index in [2.05, 4.69) is 0 Å². The van der Waals surface area contributed by atoms with Crippen LogP contribution < -0.4 is 0 Å². The Morgan fingerprint density at radius 1 is 1.00 bits per heavy atom.